The van der Waals surface area contributed by atoms with Crippen LogP contribution in [-0.2, 0) is 14.2 Å². The van der Waals surface area contributed by atoms with E-state index in [9.17, 15) is 0 Å². The van der Waals surface area contributed by atoms with Crippen molar-refractivity contribution in [3.63, 3.8) is 0 Å². The van der Waals surface area contributed by atoms with Crippen molar-refractivity contribution in [2.45, 2.75) is 73.1 Å². The number of ether oxygens (including phenoxy) is 7. The zero-order valence-electron chi connectivity index (χ0n) is 42.4. The van der Waals surface area contributed by atoms with E-state index in [0.717, 1.165) is 121 Å². The monoisotopic (exact) mass is 1230 g/mol. The molecule has 0 atom stereocenters. The number of hydrogen-bond donors (Lipinski definition) is 2. The van der Waals surface area contributed by atoms with Gasteiger partial charge >= 0.3 is 0 Å². The number of nitrogens with two attached hydrogens (primary N) is 2. The zero-order valence-corrected chi connectivity index (χ0v) is 47.7. The number of nitrogen functional groups attached to an aromatic ring is 2. The van der Waals surface area contributed by atoms with E-state index in [-0.39, 0.29) is 0 Å². The number of hydrogen-bond acceptors (Lipinski definition) is 15. The molecule has 9 heterocycles. The third-order valence-corrected chi connectivity index (χ3v) is 13.2. The molecule has 0 bridgehead atoms. The second-order valence-corrected chi connectivity index (χ2v) is 19.7. The van der Waals surface area contributed by atoms with Gasteiger partial charge in [0, 0.05) is 97.3 Å². The molecule has 18 heteroatoms. The van der Waals surface area contributed by atoms with E-state index < -0.39 is 0 Å². The standard InChI is InChI=1S/C18H23N3O2.C18H21N3O2.C12H14BrNO2.C7H7BrINO/c2*1-3-23-18-17(13-4-6-22-7-5-13)8-14(10-21-18)16-9-15(19)11-20-12(16)2;1-2-16-12-11(7-10(13)8-14-12)9-3-5-15-6-4-9;1-2-11-7-6(9)3-5(8)4-10-7/h8-11,13H,3-7,19H2,1-2H3;4,8-11H,3,5-7,19H2,1-2H3;3,7-8H,2,4-6H2,1H3;3-4H,2H2,1H3. The van der Waals surface area contributed by atoms with E-state index in [2.05, 4.69) is 115 Å². The normalized spacial score (nSPS) is 14.4. The maximum absolute atomic E-state index is 5.90. The van der Waals surface area contributed by atoms with E-state index in [1.165, 1.54) is 11.1 Å². The predicted octanol–water partition coefficient (Wildman–Crippen LogP) is 12.5. The summed E-state index contributed by atoms with van der Waals surface area (Å²) in [6.45, 7) is 18.7. The third kappa shape index (κ3) is 16.9. The van der Waals surface area contributed by atoms with Gasteiger partial charge in [0.25, 0.3) is 0 Å². The molecule has 1 saturated heterocycles. The molecule has 0 saturated carbocycles. The van der Waals surface area contributed by atoms with Crippen LogP contribution >= 0.6 is 54.5 Å². The molecule has 0 unspecified atom stereocenters. The van der Waals surface area contributed by atoms with Crippen molar-refractivity contribution in [3.05, 3.63) is 126 Å². The first-order valence-electron chi connectivity index (χ1n) is 24.5. The Kier molecular flexibility index (Phi) is 23.1. The van der Waals surface area contributed by atoms with E-state index >= 15 is 0 Å². The molecule has 0 aliphatic carbocycles. The number of aryl methyl sites for hydroxylation is 2. The summed E-state index contributed by atoms with van der Waals surface area (Å²) in [5.74, 6) is 3.24. The van der Waals surface area contributed by atoms with Crippen molar-refractivity contribution in [2.75, 3.05) is 77.5 Å². The van der Waals surface area contributed by atoms with E-state index in [0.29, 0.717) is 74.6 Å². The van der Waals surface area contributed by atoms with Gasteiger partial charge in [0.15, 0.2) is 0 Å². The van der Waals surface area contributed by atoms with Crippen LogP contribution in [0.1, 0.15) is 87.4 Å². The third-order valence-electron chi connectivity index (χ3n) is 11.6. The fraction of sp³-hybridized carbons (Fsp3) is 0.382. The van der Waals surface area contributed by atoms with E-state index in [1.807, 2.05) is 72.1 Å². The highest BCUT2D eigenvalue weighted by Crippen LogP contribution is 2.37. The predicted molar refractivity (Wildman–Crippen MR) is 304 cm³/mol. The van der Waals surface area contributed by atoms with Gasteiger partial charge in [-0.15, -0.1) is 0 Å². The molecular weight excluding hydrogens is 1170 g/mol. The van der Waals surface area contributed by atoms with Gasteiger partial charge in [0.2, 0.25) is 23.5 Å². The van der Waals surface area contributed by atoms with Crippen molar-refractivity contribution in [1.29, 1.82) is 0 Å². The SMILES string of the molecule is CCOc1ncc(-c2cc(N)cnc2C)cc1C1=CCOCC1.CCOc1ncc(-c2cc(N)cnc2C)cc1C1CCOCC1.CCOc1ncc(Br)cc1C1=CCOCC1.CCOc1ncc(Br)cc1I. The molecule has 9 rings (SSSR count). The molecule has 4 N–H and O–H groups in total. The quantitative estimate of drug-likeness (QED) is 0.104. The lowest BCUT2D eigenvalue weighted by Crippen LogP contribution is -2.15. The van der Waals surface area contributed by atoms with Crippen LogP contribution < -0.4 is 30.4 Å². The molecule has 0 aromatic carbocycles. The zero-order chi connectivity index (χ0) is 52.1. The van der Waals surface area contributed by atoms with Crippen LogP contribution in [0.5, 0.6) is 23.5 Å². The first-order valence-corrected chi connectivity index (χ1v) is 27.1. The molecule has 1 fully saturated rings. The molecule has 6 aromatic rings. The average Bonchev–Trinajstić information content (AvgIpc) is 3.41. The van der Waals surface area contributed by atoms with Gasteiger partial charge in [0.1, 0.15) is 0 Å². The van der Waals surface area contributed by atoms with Crippen LogP contribution in [0.15, 0.2) is 94.7 Å². The summed E-state index contributed by atoms with van der Waals surface area (Å²) in [5, 5.41) is 0. The topological polar surface area (TPSA) is 194 Å². The molecule has 0 spiro atoms. The van der Waals surface area contributed by atoms with Crippen molar-refractivity contribution >= 4 is 77.0 Å². The molecule has 0 radical (unpaired) electrons. The molecule has 73 heavy (non-hydrogen) atoms. The Balaban J connectivity index is 0.000000164. The molecule has 3 aliphatic rings. The maximum Gasteiger partial charge on any atom is 0.227 e. The second kappa shape index (κ2) is 29.6. The Labute approximate surface area is 459 Å². The van der Waals surface area contributed by atoms with Crippen molar-refractivity contribution in [1.82, 2.24) is 29.9 Å². The highest BCUT2D eigenvalue weighted by atomic mass is 127. The van der Waals surface area contributed by atoms with Gasteiger partial charge < -0.3 is 44.6 Å². The van der Waals surface area contributed by atoms with Gasteiger partial charge in [-0.05, 0) is 175 Å². The molecule has 6 aromatic heterocycles. The van der Waals surface area contributed by atoms with Gasteiger partial charge in [-0.2, -0.15) is 0 Å². The fourth-order valence-electron chi connectivity index (χ4n) is 8.04. The Morgan fingerprint density at radius 1 is 0.521 bits per heavy atom. The van der Waals surface area contributed by atoms with Gasteiger partial charge in [-0.25, -0.2) is 19.9 Å². The maximum atomic E-state index is 5.90. The second-order valence-electron chi connectivity index (χ2n) is 16.7. The van der Waals surface area contributed by atoms with Gasteiger partial charge in [-0.1, -0.05) is 12.2 Å². The Hall–Kier alpha value is -5.25. The Morgan fingerprint density at radius 3 is 1.48 bits per heavy atom. The van der Waals surface area contributed by atoms with Crippen LogP contribution in [0.3, 0.4) is 0 Å². The highest BCUT2D eigenvalue weighted by Gasteiger charge is 2.22. The van der Waals surface area contributed by atoms with Crippen molar-refractivity contribution in [3.8, 4) is 45.8 Å². The van der Waals surface area contributed by atoms with Gasteiger partial charge in [0.05, 0.1) is 80.2 Å². The minimum atomic E-state index is 0.423. The smallest absolute Gasteiger partial charge is 0.227 e. The minimum Gasteiger partial charge on any atom is -0.478 e. The van der Waals surface area contributed by atoms with Crippen molar-refractivity contribution < 1.29 is 33.2 Å². The van der Waals surface area contributed by atoms with Crippen LogP contribution in [0.2, 0.25) is 0 Å². The number of aromatic nitrogens is 6. The van der Waals surface area contributed by atoms with Gasteiger partial charge in [-0.3, -0.25) is 9.97 Å². The average molecular weight is 1240 g/mol. The molecule has 15 nitrogen and oxygen atoms in total. The number of nitrogens with zero attached hydrogens (tertiary/aromatic N) is 6. The summed E-state index contributed by atoms with van der Waals surface area (Å²) >= 11 is 8.95. The number of pyridine rings is 6. The summed E-state index contributed by atoms with van der Waals surface area (Å²) in [6, 6.07) is 12.2. The summed E-state index contributed by atoms with van der Waals surface area (Å²) < 4.78 is 41.4. The summed E-state index contributed by atoms with van der Waals surface area (Å²) in [6.07, 6.45) is 18.5. The van der Waals surface area contributed by atoms with Crippen LogP contribution in [0.4, 0.5) is 11.4 Å². The largest absolute Gasteiger partial charge is 0.478 e. The highest BCUT2D eigenvalue weighted by molar-refractivity contribution is 14.1. The molecule has 3 aliphatic heterocycles. The lowest BCUT2D eigenvalue weighted by molar-refractivity contribution is 0.0845. The fourth-order valence-corrected chi connectivity index (χ4v) is 9.76. The Morgan fingerprint density at radius 2 is 0.973 bits per heavy atom. The van der Waals surface area contributed by atoms with Crippen LogP contribution in [0.25, 0.3) is 33.4 Å². The van der Waals surface area contributed by atoms with Crippen LogP contribution in [0, 0.1) is 17.4 Å². The number of rotatable bonds is 13. The summed E-state index contributed by atoms with van der Waals surface area (Å²) in [7, 11) is 0. The number of halogens is 3. The summed E-state index contributed by atoms with van der Waals surface area (Å²) in [4.78, 5) is 26.2. The van der Waals surface area contributed by atoms with Crippen LogP contribution in [-0.4, -0.2) is 96.0 Å². The van der Waals surface area contributed by atoms with E-state index in [4.69, 9.17) is 44.6 Å². The first kappa shape index (κ1) is 57.0. The lowest BCUT2D eigenvalue weighted by atomic mass is 9.90. The van der Waals surface area contributed by atoms with E-state index in [1.54, 1.807) is 24.8 Å². The first-order chi connectivity index (χ1) is 35.4. The minimum absolute atomic E-state index is 0.423. The Bertz CT molecular complexity index is 2810. The molecule has 0 amide bonds. The molecule has 388 valence electrons. The summed E-state index contributed by atoms with van der Waals surface area (Å²) in [5.41, 5.74) is 24.7. The molecular formula is C55H65Br2IN8O7. The lowest BCUT2D eigenvalue weighted by Gasteiger charge is -2.24. The number of anilines is 2. The van der Waals surface area contributed by atoms with Crippen molar-refractivity contribution in [2.24, 2.45) is 0 Å².